The summed E-state index contributed by atoms with van der Waals surface area (Å²) in [5, 5.41) is 8.84. The van der Waals surface area contributed by atoms with Gasteiger partial charge in [-0.25, -0.2) is 9.59 Å². The first kappa shape index (κ1) is 11.9. The van der Waals surface area contributed by atoms with Crippen LogP contribution in [0.5, 0.6) is 0 Å². The number of hydrogen-bond donors (Lipinski definition) is 1. The van der Waals surface area contributed by atoms with Crippen molar-refractivity contribution in [3.8, 4) is 0 Å². The molecule has 1 heterocycles. The number of carboxylic acids is 1. The molecule has 1 N–H and O–H groups in total. The van der Waals surface area contributed by atoms with Gasteiger partial charge in [0.2, 0.25) is 0 Å². The van der Waals surface area contributed by atoms with Gasteiger partial charge in [0.25, 0.3) is 0 Å². The van der Waals surface area contributed by atoms with Gasteiger partial charge in [0.15, 0.2) is 0 Å². The fourth-order valence-electron chi connectivity index (χ4n) is 1.32. The van der Waals surface area contributed by atoms with E-state index in [1.165, 1.54) is 6.92 Å². The predicted octanol–water partition coefficient (Wildman–Crippen LogP) is 1.27. The smallest absolute Gasteiger partial charge is 0.348 e. The van der Waals surface area contributed by atoms with E-state index in [-0.39, 0.29) is 0 Å². The van der Waals surface area contributed by atoms with Crippen molar-refractivity contribution in [2.24, 2.45) is 0 Å². The molecule has 0 aliphatic carbocycles. The number of hydrogen-bond acceptors (Lipinski definition) is 3. The van der Waals surface area contributed by atoms with E-state index in [0.717, 1.165) is 4.57 Å². The first-order valence-electron chi connectivity index (χ1n) is 4.34. The maximum Gasteiger partial charge on any atom is 0.348 e. The number of nitrogens with zero attached hydrogens (tertiary/aromatic N) is 2. The Morgan fingerprint density at radius 3 is 2.53 bits per heavy atom. The lowest BCUT2D eigenvalue weighted by atomic mass is 10.3. The van der Waals surface area contributed by atoms with Gasteiger partial charge >= 0.3 is 11.7 Å². The van der Waals surface area contributed by atoms with E-state index in [4.69, 9.17) is 5.11 Å². The third-order valence-electron chi connectivity index (χ3n) is 2.21. The summed E-state index contributed by atoms with van der Waals surface area (Å²) in [6.07, 6.45) is 0. The fraction of sp³-hybridized carbons (Fsp3) is 0.444. The molecule has 82 valence electrons. The van der Waals surface area contributed by atoms with Crippen LogP contribution in [0.25, 0.3) is 0 Å². The number of aryl methyl sites for hydroxylation is 1. The molecule has 0 aromatic carbocycles. The highest BCUT2D eigenvalue weighted by molar-refractivity contribution is 9.10. The van der Waals surface area contributed by atoms with Crippen LogP contribution in [0.1, 0.15) is 24.4 Å². The number of aliphatic carboxylic acids is 1. The van der Waals surface area contributed by atoms with Crippen molar-refractivity contribution in [1.82, 2.24) is 9.55 Å². The Balaban J connectivity index is 3.49. The van der Waals surface area contributed by atoms with Crippen molar-refractivity contribution < 1.29 is 9.90 Å². The molecule has 0 amide bonds. The van der Waals surface area contributed by atoms with E-state index in [9.17, 15) is 9.59 Å². The second kappa shape index (κ2) is 4.14. The number of carboxylic acid groups (broad SMARTS) is 1. The van der Waals surface area contributed by atoms with Gasteiger partial charge in [0, 0.05) is 5.69 Å². The third-order valence-corrected chi connectivity index (χ3v) is 3.36. The molecule has 1 aromatic rings. The molecular formula is C9H11BrN2O3. The van der Waals surface area contributed by atoms with Crippen LogP contribution in [0.15, 0.2) is 9.27 Å². The van der Waals surface area contributed by atoms with E-state index >= 15 is 0 Å². The molecule has 0 saturated carbocycles. The van der Waals surface area contributed by atoms with Gasteiger partial charge in [-0.05, 0) is 36.7 Å². The first-order valence-corrected chi connectivity index (χ1v) is 5.13. The monoisotopic (exact) mass is 274 g/mol. The molecule has 0 saturated heterocycles. The Kier molecular flexibility index (Phi) is 3.28. The second-order valence-corrected chi connectivity index (χ2v) is 4.06. The first-order chi connectivity index (χ1) is 6.86. The minimum atomic E-state index is -1.06. The zero-order chi connectivity index (χ0) is 11.7. The maximum absolute atomic E-state index is 11.5. The van der Waals surface area contributed by atoms with Crippen molar-refractivity contribution in [3.63, 3.8) is 0 Å². The van der Waals surface area contributed by atoms with E-state index in [0.29, 0.717) is 15.9 Å². The summed E-state index contributed by atoms with van der Waals surface area (Å²) in [6.45, 7) is 4.81. The summed E-state index contributed by atoms with van der Waals surface area (Å²) >= 11 is 3.27. The van der Waals surface area contributed by atoms with Gasteiger partial charge in [-0.1, -0.05) is 0 Å². The number of aromatic nitrogens is 2. The minimum absolute atomic E-state index is 0.539. The summed E-state index contributed by atoms with van der Waals surface area (Å²) in [5.74, 6) is -1.06. The van der Waals surface area contributed by atoms with Crippen molar-refractivity contribution in [2.75, 3.05) is 0 Å². The van der Waals surface area contributed by atoms with E-state index in [2.05, 4.69) is 20.9 Å². The van der Waals surface area contributed by atoms with Crippen LogP contribution < -0.4 is 5.69 Å². The molecule has 0 bridgehead atoms. The molecule has 1 unspecified atom stereocenters. The summed E-state index contributed by atoms with van der Waals surface area (Å²) in [4.78, 5) is 26.1. The fourth-order valence-corrected chi connectivity index (χ4v) is 1.60. The summed E-state index contributed by atoms with van der Waals surface area (Å²) in [6, 6.07) is -0.915. The standard InChI is InChI=1S/C9H11BrN2O3/c1-4-7(10)5(2)12(9(15)11-4)6(3)8(13)14/h6H,1-3H3,(H,13,14). The minimum Gasteiger partial charge on any atom is -0.480 e. The quantitative estimate of drug-likeness (QED) is 0.882. The maximum atomic E-state index is 11.5. The molecule has 15 heavy (non-hydrogen) atoms. The summed E-state index contributed by atoms with van der Waals surface area (Å²) in [5.41, 5.74) is 0.594. The molecule has 0 aliphatic heterocycles. The number of rotatable bonds is 2. The summed E-state index contributed by atoms with van der Waals surface area (Å²) < 4.78 is 1.81. The largest absolute Gasteiger partial charge is 0.480 e. The highest BCUT2D eigenvalue weighted by Crippen LogP contribution is 2.19. The lowest BCUT2D eigenvalue weighted by Crippen LogP contribution is -2.32. The Hall–Kier alpha value is -1.17. The highest BCUT2D eigenvalue weighted by atomic mass is 79.9. The Morgan fingerprint density at radius 2 is 2.07 bits per heavy atom. The Morgan fingerprint density at radius 1 is 1.53 bits per heavy atom. The lowest BCUT2D eigenvalue weighted by molar-refractivity contribution is -0.140. The van der Waals surface area contributed by atoms with Crippen LogP contribution in [0.2, 0.25) is 0 Å². The van der Waals surface area contributed by atoms with Gasteiger partial charge in [-0.15, -0.1) is 0 Å². The van der Waals surface area contributed by atoms with Crippen molar-refractivity contribution in [2.45, 2.75) is 26.8 Å². The molecule has 1 aromatic heterocycles. The lowest BCUT2D eigenvalue weighted by Gasteiger charge is -2.15. The average molecular weight is 275 g/mol. The van der Waals surface area contributed by atoms with Gasteiger partial charge in [-0.3, -0.25) is 4.57 Å². The molecule has 0 spiro atoms. The van der Waals surface area contributed by atoms with Crippen LogP contribution in [-0.2, 0) is 4.79 Å². The number of halogens is 1. The van der Waals surface area contributed by atoms with Crippen LogP contribution in [0.3, 0.4) is 0 Å². The third kappa shape index (κ3) is 2.09. The molecule has 0 fully saturated rings. The van der Waals surface area contributed by atoms with Crippen LogP contribution >= 0.6 is 15.9 Å². The molecule has 1 rings (SSSR count). The van der Waals surface area contributed by atoms with Crippen molar-refractivity contribution >= 4 is 21.9 Å². The van der Waals surface area contributed by atoms with Gasteiger partial charge in [0.1, 0.15) is 6.04 Å². The van der Waals surface area contributed by atoms with E-state index in [1.807, 2.05) is 0 Å². The Labute approximate surface area is 94.9 Å². The highest BCUT2D eigenvalue weighted by Gasteiger charge is 2.19. The SMILES string of the molecule is Cc1nc(=O)n(C(C)C(=O)O)c(C)c1Br. The molecule has 5 nitrogen and oxygen atoms in total. The molecular weight excluding hydrogens is 264 g/mol. The van der Waals surface area contributed by atoms with Crippen LogP contribution in [0.4, 0.5) is 0 Å². The molecule has 1 atom stereocenters. The summed E-state index contributed by atoms with van der Waals surface area (Å²) in [7, 11) is 0. The topological polar surface area (TPSA) is 72.2 Å². The van der Waals surface area contributed by atoms with Crippen molar-refractivity contribution in [3.05, 3.63) is 26.3 Å². The van der Waals surface area contributed by atoms with Crippen LogP contribution in [0, 0.1) is 13.8 Å². The van der Waals surface area contributed by atoms with Gasteiger partial charge in [-0.2, -0.15) is 4.98 Å². The van der Waals surface area contributed by atoms with Gasteiger partial charge < -0.3 is 5.11 Å². The Bertz CT molecular complexity index is 467. The average Bonchev–Trinajstić information content (AvgIpc) is 2.14. The zero-order valence-electron chi connectivity index (χ0n) is 8.61. The second-order valence-electron chi connectivity index (χ2n) is 3.26. The van der Waals surface area contributed by atoms with E-state index in [1.54, 1.807) is 13.8 Å². The van der Waals surface area contributed by atoms with Crippen LogP contribution in [-0.4, -0.2) is 20.6 Å². The van der Waals surface area contributed by atoms with Crippen molar-refractivity contribution in [1.29, 1.82) is 0 Å². The van der Waals surface area contributed by atoms with E-state index < -0.39 is 17.7 Å². The van der Waals surface area contributed by atoms with Gasteiger partial charge in [0.05, 0.1) is 10.2 Å². The molecule has 0 aliphatic rings. The normalized spacial score (nSPS) is 12.5. The predicted molar refractivity (Wildman–Crippen MR) is 58.0 cm³/mol. The molecule has 6 heteroatoms. The zero-order valence-corrected chi connectivity index (χ0v) is 10.2. The number of carbonyl (C=O) groups is 1. The molecule has 0 radical (unpaired) electrons.